The van der Waals surface area contributed by atoms with Gasteiger partial charge in [-0.05, 0) is 87.9 Å². The van der Waals surface area contributed by atoms with Crippen molar-refractivity contribution in [2.75, 3.05) is 6.61 Å². The first-order chi connectivity index (χ1) is 22.9. The Balaban J connectivity index is 0.000000114. The molecule has 11 nitrogen and oxygen atoms in total. The highest BCUT2D eigenvalue weighted by Gasteiger charge is 2.63. The van der Waals surface area contributed by atoms with E-state index in [-0.39, 0.29) is 65.0 Å². The van der Waals surface area contributed by atoms with Crippen molar-refractivity contribution in [2.24, 2.45) is 46.8 Å². The highest BCUT2D eigenvalue weighted by molar-refractivity contribution is 5.82. The molecule has 8 aliphatic carbocycles. The number of hydrogen-bond donors (Lipinski definition) is 1. The van der Waals surface area contributed by atoms with Crippen molar-refractivity contribution in [3.05, 3.63) is 38.0 Å². The van der Waals surface area contributed by atoms with Crippen LogP contribution in [0.3, 0.4) is 0 Å². The van der Waals surface area contributed by atoms with Crippen molar-refractivity contribution in [3.63, 3.8) is 0 Å². The topological polar surface area (TPSA) is 152 Å². The van der Waals surface area contributed by atoms with Gasteiger partial charge in [0.05, 0.1) is 24.5 Å². The van der Waals surface area contributed by atoms with Crippen LogP contribution in [0.1, 0.15) is 77.0 Å². The lowest BCUT2D eigenvalue weighted by Crippen LogP contribution is -2.60. The Morgan fingerprint density at radius 2 is 1.50 bits per heavy atom. The molecule has 10 fully saturated rings. The predicted molar refractivity (Wildman–Crippen MR) is 167 cm³/mol. The lowest BCUT2D eigenvalue weighted by molar-refractivity contribution is -0.216. The lowest BCUT2D eigenvalue weighted by Gasteiger charge is -2.59. The van der Waals surface area contributed by atoms with Gasteiger partial charge in [-0.1, -0.05) is 19.7 Å². The zero-order chi connectivity index (χ0) is 34.0. The van der Waals surface area contributed by atoms with Crippen LogP contribution in [0.15, 0.2) is 38.0 Å². The van der Waals surface area contributed by atoms with Gasteiger partial charge in [0.15, 0.2) is 0 Å². The van der Waals surface area contributed by atoms with Gasteiger partial charge in [0.25, 0.3) is 0 Å². The third kappa shape index (κ3) is 5.90. The molecule has 260 valence electrons. The van der Waals surface area contributed by atoms with Gasteiger partial charge in [-0.2, -0.15) is 0 Å². The number of esters is 5. The van der Waals surface area contributed by atoms with Crippen LogP contribution in [0.5, 0.6) is 0 Å². The smallest absolute Gasteiger partial charge is 0.330 e. The van der Waals surface area contributed by atoms with Crippen LogP contribution in [0.4, 0.5) is 0 Å². The molecule has 8 bridgehead atoms. The first-order valence-electron chi connectivity index (χ1n) is 17.5. The van der Waals surface area contributed by atoms with Gasteiger partial charge in [-0.3, -0.25) is 9.59 Å². The van der Waals surface area contributed by atoms with E-state index in [1.54, 1.807) is 0 Å². The summed E-state index contributed by atoms with van der Waals surface area (Å²) in [7, 11) is 0. The van der Waals surface area contributed by atoms with Crippen LogP contribution in [0.2, 0.25) is 0 Å². The minimum absolute atomic E-state index is 0.0202. The Kier molecular flexibility index (Phi) is 8.36. The summed E-state index contributed by atoms with van der Waals surface area (Å²) >= 11 is 0. The monoisotopic (exact) mass is 666 g/mol. The van der Waals surface area contributed by atoms with E-state index in [1.165, 1.54) is 18.6 Å². The average molecular weight is 667 g/mol. The fraction of sp³-hybridized carbons (Fsp3) is 0.703. The van der Waals surface area contributed by atoms with Gasteiger partial charge >= 0.3 is 29.8 Å². The van der Waals surface area contributed by atoms with E-state index in [1.807, 2.05) is 0 Å². The Bertz CT molecular complexity index is 1400. The van der Waals surface area contributed by atoms with Crippen molar-refractivity contribution < 1.29 is 52.8 Å². The summed E-state index contributed by atoms with van der Waals surface area (Å²) in [4.78, 5) is 56.4. The van der Waals surface area contributed by atoms with Crippen molar-refractivity contribution in [1.82, 2.24) is 0 Å². The quantitative estimate of drug-likeness (QED) is 0.250. The molecular weight excluding hydrogens is 620 g/mol. The number of fused-ring (bicyclic) bond motifs is 4. The zero-order valence-corrected chi connectivity index (χ0v) is 27.3. The minimum atomic E-state index is -0.564. The Labute approximate surface area is 280 Å². The highest BCUT2D eigenvalue weighted by Crippen LogP contribution is 2.61. The van der Waals surface area contributed by atoms with E-state index in [9.17, 15) is 29.1 Å². The van der Waals surface area contributed by atoms with Crippen molar-refractivity contribution in [3.8, 4) is 0 Å². The second-order valence-corrected chi connectivity index (χ2v) is 16.0. The summed E-state index contributed by atoms with van der Waals surface area (Å²) in [6, 6.07) is 0. The van der Waals surface area contributed by atoms with E-state index in [2.05, 4.69) is 19.7 Å². The molecular formula is C37H46O11. The fourth-order valence-electron chi connectivity index (χ4n) is 11.6. The van der Waals surface area contributed by atoms with Gasteiger partial charge in [-0.25, -0.2) is 14.4 Å². The summed E-state index contributed by atoms with van der Waals surface area (Å²) in [6.45, 7) is 10.8. The predicted octanol–water partition coefficient (Wildman–Crippen LogP) is 3.91. The van der Waals surface area contributed by atoms with E-state index in [0.717, 1.165) is 63.9 Å². The lowest BCUT2D eigenvalue weighted by atomic mass is 9.52. The third-order valence-corrected chi connectivity index (χ3v) is 12.9. The molecule has 11 heteroatoms. The number of aliphatic hydroxyl groups is 1. The van der Waals surface area contributed by atoms with Gasteiger partial charge in [0, 0.05) is 41.9 Å². The summed E-state index contributed by atoms with van der Waals surface area (Å²) in [5, 5.41) is 10.4. The molecule has 48 heavy (non-hydrogen) atoms. The van der Waals surface area contributed by atoms with E-state index < -0.39 is 11.6 Å². The number of hydrogen-bond acceptors (Lipinski definition) is 11. The van der Waals surface area contributed by atoms with Gasteiger partial charge in [0.1, 0.15) is 23.9 Å². The molecule has 0 aromatic carbocycles. The standard InChI is InChI=1S/C13H16O4.C13H18O3.C11H12O4/c1-2-11(14)17-10-4-9-3-8(10)5-13(9)6-12(15)16-7-13;1-2-11(14)16-13-6-9-3-10(7-13)5-12(15,4-9)8-13;1-2-8(12)14-9-5-3-6-7(4-5)11(13)15-10(6)9/h2,8-10H,1,3-7H2;2,9-10,15H,1,3-8H2;2,5-7,9-10H,1,3-4H2. The Morgan fingerprint density at radius 1 is 0.812 bits per heavy atom. The maximum absolute atomic E-state index is 11.4. The van der Waals surface area contributed by atoms with E-state index in [0.29, 0.717) is 49.0 Å². The number of carbonyl (C=O) groups is 5. The maximum atomic E-state index is 11.4. The van der Waals surface area contributed by atoms with Gasteiger partial charge in [0.2, 0.25) is 0 Å². The molecule has 2 aliphatic heterocycles. The SMILES string of the molecule is C=CC(=O)OC12CC3CC(CC(O)(C3)C1)C2.C=CC(=O)OC1C2CC3C(=O)OC1C3C2.C=CC(=O)OC1CC2CC1CC21COC(=O)C1. The maximum Gasteiger partial charge on any atom is 0.330 e. The Hall–Kier alpha value is -3.47. The van der Waals surface area contributed by atoms with Crippen molar-refractivity contribution in [1.29, 1.82) is 0 Å². The second-order valence-electron chi connectivity index (χ2n) is 16.0. The molecule has 0 aromatic rings. The molecule has 0 radical (unpaired) electrons. The second kappa shape index (κ2) is 12.1. The molecule has 10 aliphatic rings. The number of cyclic esters (lactones) is 1. The molecule has 11 atom stereocenters. The molecule has 1 spiro atoms. The summed E-state index contributed by atoms with van der Waals surface area (Å²) < 4.78 is 26.5. The van der Waals surface area contributed by atoms with E-state index >= 15 is 0 Å². The molecule has 8 saturated carbocycles. The molecule has 10 rings (SSSR count). The molecule has 2 heterocycles. The highest BCUT2D eigenvalue weighted by atomic mass is 16.6. The zero-order valence-electron chi connectivity index (χ0n) is 27.3. The van der Waals surface area contributed by atoms with Crippen LogP contribution < -0.4 is 0 Å². The summed E-state index contributed by atoms with van der Waals surface area (Å²) in [6.07, 6.45) is 13.9. The largest absolute Gasteiger partial charge is 0.465 e. The summed E-state index contributed by atoms with van der Waals surface area (Å²) in [5.41, 5.74) is -0.894. The number of rotatable bonds is 6. The van der Waals surface area contributed by atoms with Crippen LogP contribution in [-0.2, 0) is 47.7 Å². The van der Waals surface area contributed by atoms with Crippen molar-refractivity contribution in [2.45, 2.75) is 107 Å². The van der Waals surface area contributed by atoms with E-state index in [4.69, 9.17) is 23.7 Å². The first-order valence-corrected chi connectivity index (χ1v) is 17.5. The number of ether oxygens (including phenoxy) is 5. The van der Waals surface area contributed by atoms with Crippen LogP contribution in [0, 0.1) is 46.8 Å². The van der Waals surface area contributed by atoms with Gasteiger partial charge < -0.3 is 28.8 Å². The Morgan fingerprint density at radius 3 is 2.08 bits per heavy atom. The minimum Gasteiger partial charge on any atom is -0.465 e. The molecule has 0 amide bonds. The number of carbonyl (C=O) groups excluding carboxylic acids is 5. The molecule has 0 aromatic heterocycles. The van der Waals surface area contributed by atoms with Crippen molar-refractivity contribution >= 4 is 29.8 Å². The molecule has 1 N–H and O–H groups in total. The normalized spacial score (nSPS) is 45.7. The average Bonchev–Trinajstić information content (AvgIpc) is 3.86. The first kappa shape index (κ1) is 33.0. The molecule has 11 unspecified atom stereocenters. The van der Waals surface area contributed by atoms with Crippen LogP contribution >= 0.6 is 0 Å². The fourth-order valence-corrected chi connectivity index (χ4v) is 11.6. The van der Waals surface area contributed by atoms with Crippen LogP contribution in [-0.4, -0.2) is 71.1 Å². The van der Waals surface area contributed by atoms with Gasteiger partial charge in [-0.15, -0.1) is 0 Å². The molecule has 2 saturated heterocycles. The summed E-state index contributed by atoms with van der Waals surface area (Å²) in [5.74, 6) is 1.34. The van der Waals surface area contributed by atoms with Crippen LogP contribution in [0.25, 0.3) is 0 Å². The third-order valence-electron chi connectivity index (χ3n) is 12.9.